The Morgan fingerprint density at radius 2 is 2.00 bits per heavy atom. The van der Waals surface area contributed by atoms with Crippen LogP contribution in [-0.4, -0.2) is 27.7 Å². The topological polar surface area (TPSA) is 39.9 Å². The minimum Gasteiger partial charge on any atom is -0.381 e. The third kappa shape index (κ3) is 4.17. The van der Waals surface area contributed by atoms with Gasteiger partial charge in [-0.2, -0.15) is 0 Å². The van der Waals surface area contributed by atoms with E-state index in [2.05, 4.69) is 21.5 Å². The Labute approximate surface area is 131 Å². The van der Waals surface area contributed by atoms with Crippen molar-refractivity contribution in [1.29, 1.82) is 0 Å². The van der Waals surface area contributed by atoms with E-state index in [1.54, 1.807) is 0 Å². The summed E-state index contributed by atoms with van der Waals surface area (Å²) >= 11 is 6.26. The van der Waals surface area contributed by atoms with Crippen LogP contribution in [0, 0.1) is 6.92 Å². The molecular weight excluding hydrogens is 286 g/mol. The van der Waals surface area contributed by atoms with E-state index in [-0.39, 0.29) is 5.38 Å². The van der Waals surface area contributed by atoms with Gasteiger partial charge in [-0.1, -0.05) is 13.3 Å². The molecule has 2 aromatic heterocycles. The third-order valence-corrected chi connectivity index (χ3v) is 3.62. The van der Waals surface area contributed by atoms with Crippen LogP contribution in [0.25, 0.3) is 11.2 Å². The van der Waals surface area contributed by atoms with Gasteiger partial charge in [0.2, 0.25) is 0 Å². The Morgan fingerprint density at radius 1 is 1.24 bits per heavy atom. The molecule has 21 heavy (non-hydrogen) atoms. The van der Waals surface area contributed by atoms with Crippen LogP contribution in [-0.2, 0) is 11.3 Å². The van der Waals surface area contributed by atoms with Gasteiger partial charge in [0.25, 0.3) is 0 Å². The number of aromatic nitrogens is 3. The van der Waals surface area contributed by atoms with Crippen LogP contribution >= 0.6 is 11.6 Å². The van der Waals surface area contributed by atoms with Gasteiger partial charge in [-0.15, -0.1) is 11.6 Å². The summed E-state index contributed by atoms with van der Waals surface area (Å²) in [7, 11) is 0. The largest absolute Gasteiger partial charge is 0.381 e. The Morgan fingerprint density at radius 3 is 2.71 bits per heavy atom. The molecule has 0 N–H and O–H groups in total. The molecule has 1 atom stereocenters. The highest BCUT2D eigenvalue weighted by molar-refractivity contribution is 6.20. The van der Waals surface area contributed by atoms with E-state index in [4.69, 9.17) is 16.3 Å². The van der Waals surface area contributed by atoms with Crippen LogP contribution in [0.5, 0.6) is 0 Å². The molecule has 0 saturated carbocycles. The molecule has 0 saturated heterocycles. The maximum Gasteiger partial charge on any atom is 0.160 e. The second kappa shape index (κ2) is 7.76. The zero-order valence-corrected chi connectivity index (χ0v) is 13.9. The van der Waals surface area contributed by atoms with Crippen molar-refractivity contribution >= 4 is 22.8 Å². The minimum absolute atomic E-state index is 0.125. The maximum atomic E-state index is 6.26. The number of fused-ring (bicyclic) bond motifs is 1. The summed E-state index contributed by atoms with van der Waals surface area (Å²) < 4.78 is 7.75. The van der Waals surface area contributed by atoms with Crippen molar-refractivity contribution in [2.45, 2.75) is 52.0 Å². The van der Waals surface area contributed by atoms with Crippen LogP contribution in [0.2, 0.25) is 0 Å². The molecule has 0 aliphatic carbocycles. The first-order valence-electron chi connectivity index (χ1n) is 7.69. The van der Waals surface area contributed by atoms with Gasteiger partial charge in [-0.05, 0) is 38.8 Å². The van der Waals surface area contributed by atoms with E-state index < -0.39 is 0 Å². The van der Waals surface area contributed by atoms with Crippen molar-refractivity contribution in [3.05, 3.63) is 23.7 Å². The lowest BCUT2D eigenvalue weighted by molar-refractivity contribution is 0.126. The lowest BCUT2D eigenvalue weighted by Gasteiger charge is -2.10. The smallest absolute Gasteiger partial charge is 0.160 e. The van der Waals surface area contributed by atoms with Gasteiger partial charge < -0.3 is 9.30 Å². The van der Waals surface area contributed by atoms with Crippen LogP contribution in [0.3, 0.4) is 0 Å². The number of halogens is 1. The lowest BCUT2D eigenvalue weighted by Crippen LogP contribution is -2.08. The van der Waals surface area contributed by atoms with Crippen LogP contribution in [0.15, 0.2) is 12.1 Å². The van der Waals surface area contributed by atoms with Crippen LogP contribution in [0.1, 0.15) is 50.0 Å². The lowest BCUT2D eigenvalue weighted by atomic mass is 10.3. The van der Waals surface area contributed by atoms with Crippen molar-refractivity contribution in [2.24, 2.45) is 0 Å². The molecule has 2 rings (SSSR count). The molecule has 0 aromatic carbocycles. The highest BCUT2D eigenvalue weighted by Gasteiger charge is 2.15. The van der Waals surface area contributed by atoms with Crippen LogP contribution in [0.4, 0.5) is 0 Å². The first-order chi connectivity index (χ1) is 10.1. The zero-order chi connectivity index (χ0) is 15.2. The number of unbranched alkanes of at least 4 members (excludes halogenated alkanes) is 1. The van der Waals surface area contributed by atoms with Crippen molar-refractivity contribution < 1.29 is 4.74 Å². The molecule has 0 aliphatic rings. The Balaban J connectivity index is 2.09. The predicted molar refractivity (Wildman–Crippen MR) is 86.9 cm³/mol. The SMILES string of the molecule is CCCCOCCCn1c(C(C)Cl)nc2ccc(C)nc21. The molecule has 4 nitrogen and oxygen atoms in total. The van der Waals surface area contributed by atoms with Gasteiger partial charge in [0.1, 0.15) is 11.3 Å². The summed E-state index contributed by atoms with van der Waals surface area (Å²) in [4.78, 5) is 9.22. The van der Waals surface area contributed by atoms with Gasteiger partial charge in [0, 0.05) is 25.5 Å². The molecule has 2 aromatic rings. The van der Waals surface area contributed by atoms with E-state index in [0.717, 1.165) is 55.3 Å². The monoisotopic (exact) mass is 309 g/mol. The van der Waals surface area contributed by atoms with E-state index in [1.165, 1.54) is 6.42 Å². The van der Waals surface area contributed by atoms with Gasteiger partial charge >= 0.3 is 0 Å². The van der Waals surface area contributed by atoms with E-state index in [9.17, 15) is 0 Å². The number of pyridine rings is 1. The number of imidazole rings is 1. The number of ether oxygens (including phenoxy) is 1. The third-order valence-electron chi connectivity index (χ3n) is 3.43. The first-order valence-corrected chi connectivity index (χ1v) is 8.12. The fourth-order valence-corrected chi connectivity index (χ4v) is 2.48. The summed E-state index contributed by atoms with van der Waals surface area (Å²) in [5.74, 6) is 0.887. The average molecular weight is 310 g/mol. The van der Waals surface area contributed by atoms with Gasteiger partial charge in [0.05, 0.1) is 5.38 Å². The Bertz CT molecular complexity index is 580. The molecular formula is C16H24ClN3O. The van der Waals surface area contributed by atoms with E-state index in [0.29, 0.717) is 0 Å². The quantitative estimate of drug-likeness (QED) is 0.540. The van der Waals surface area contributed by atoms with Crippen molar-refractivity contribution in [2.75, 3.05) is 13.2 Å². The maximum absolute atomic E-state index is 6.26. The summed E-state index contributed by atoms with van der Waals surface area (Å²) in [5, 5.41) is -0.125. The molecule has 0 bridgehead atoms. The molecule has 0 radical (unpaired) electrons. The molecule has 0 spiro atoms. The molecule has 5 heteroatoms. The van der Waals surface area contributed by atoms with Crippen molar-refractivity contribution in [3.63, 3.8) is 0 Å². The molecule has 1 unspecified atom stereocenters. The van der Waals surface area contributed by atoms with Gasteiger partial charge in [-0.25, -0.2) is 9.97 Å². The molecule has 116 valence electrons. The van der Waals surface area contributed by atoms with Crippen molar-refractivity contribution in [1.82, 2.24) is 14.5 Å². The highest BCUT2D eigenvalue weighted by Crippen LogP contribution is 2.24. The fraction of sp³-hybridized carbons (Fsp3) is 0.625. The second-order valence-corrected chi connectivity index (χ2v) is 6.01. The molecule has 2 heterocycles. The summed E-state index contributed by atoms with van der Waals surface area (Å²) in [6.45, 7) is 8.56. The van der Waals surface area contributed by atoms with Gasteiger partial charge in [-0.3, -0.25) is 0 Å². The van der Waals surface area contributed by atoms with Gasteiger partial charge in [0.15, 0.2) is 5.65 Å². The van der Waals surface area contributed by atoms with Crippen LogP contribution < -0.4 is 0 Å². The predicted octanol–water partition coefficient (Wildman–Crippen LogP) is 4.25. The summed E-state index contributed by atoms with van der Waals surface area (Å²) in [6.07, 6.45) is 3.24. The highest BCUT2D eigenvalue weighted by atomic mass is 35.5. The second-order valence-electron chi connectivity index (χ2n) is 5.35. The Kier molecular flexibility index (Phi) is 6.00. The molecule has 0 aliphatic heterocycles. The number of nitrogens with zero attached hydrogens (tertiary/aromatic N) is 3. The average Bonchev–Trinajstić information content (AvgIpc) is 2.81. The zero-order valence-electron chi connectivity index (χ0n) is 13.1. The number of hydrogen-bond acceptors (Lipinski definition) is 3. The van der Waals surface area contributed by atoms with E-state index in [1.807, 2.05) is 26.0 Å². The number of aryl methyl sites for hydroxylation is 2. The number of hydrogen-bond donors (Lipinski definition) is 0. The minimum atomic E-state index is -0.125. The van der Waals surface area contributed by atoms with Crippen molar-refractivity contribution in [3.8, 4) is 0 Å². The Hall–Kier alpha value is -1.13. The van der Waals surface area contributed by atoms with E-state index >= 15 is 0 Å². The standard InChI is InChI=1S/C16H24ClN3O/c1-4-5-10-21-11-6-9-20-15(13(3)17)19-14-8-7-12(2)18-16(14)20/h7-8,13H,4-6,9-11H2,1-3H3. The summed E-state index contributed by atoms with van der Waals surface area (Å²) in [6, 6.07) is 3.99. The fourth-order valence-electron chi connectivity index (χ4n) is 2.31. The summed E-state index contributed by atoms with van der Waals surface area (Å²) in [5.41, 5.74) is 2.83. The number of rotatable bonds is 8. The molecule has 0 fully saturated rings. The first kappa shape index (κ1) is 16.2. The number of alkyl halides is 1. The molecule has 0 amide bonds. The normalized spacial score (nSPS) is 13.0.